The van der Waals surface area contributed by atoms with Gasteiger partial charge in [0.15, 0.2) is 0 Å². The molecule has 162 valence electrons. The second-order valence-corrected chi connectivity index (χ2v) is 7.89. The number of fused-ring (bicyclic) bond motifs is 3. The van der Waals surface area contributed by atoms with Crippen LogP contribution in [0, 0.1) is 13.8 Å². The molecule has 0 saturated heterocycles. The van der Waals surface area contributed by atoms with Gasteiger partial charge in [-0.1, -0.05) is 26.5 Å². The zero-order valence-electron chi connectivity index (χ0n) is 18.0. The molecule has 0 amide bonds. The summed E-state index contributed by atoms with van der Waals surface area (Å²) < 4.78 is 3.52. The number of aromatic nitrogens is 5. The molecule has 5 aromatic rings. The van der Waals surface area contributed by atoms with E-state index in [4.69, 9.17) is 5.10 Å². The Balaban J connectivity index is 0.00000245. The van der Waals surface area contributed by atoms with Gasteiger partial charge in [0.05, 0.1) is 16.6 Å². The Bertz CT molecular complexity index is 1510. The van der Waals surface area contributed by atoms with E-state index in [-0.39, 0.29) is 13.0 Å². The second-order valence-electron chi connectivity index (χ2n) is 7.89. The van der Waals surface area contributed by atoms with Gasteiger partial charge in [0, 0.05) is 47.5 Å². The Labute approximate surface area is 187 Å². The van der Waals surface area contributed by atoms with E-state index in [0.29, 0.717) is 5.39 Å². The van der Waals surface area contributed by atoms with Crippen molar-refractivity contribution in [2.75, 3.05) is 0 Å². The molecule has 0 aliphatic heterocycles. The van der Waals surface area contributed by atoms with Crippen molar-refractivity contribution in [3.05, 3.63) is 82.2 Å². The van der Waals surface area contributed by atoms with Gasteiger partial charge in [0.25, 0.3) is 5.56 Å². The van der Waals surface area contributed by atoms with Crippen LogP contribution in [0.15, 0.2) is 59.5 Å². The van der Waals surface area contributed by atoms with Crippen molar-refractivity contribution in [2.45, 2.75) is 34.6 Å². The van der Waals surface area contributed by atoms with E-state index in [0.717, 1.165) is 57.1 Å². The van der Waals surface area contributed by atoms with Crippen molar-refractivity contribution in [3.63, 3.8) is 0 Å². The molecule has 32 heavy (non-hydrogen) atoms. The summed E-state index contributed by atoms with van der Waals surface area (Å²) in [7, 11) is 1.79. The molecule has 0 radical (unpaired) electrons. The minimum atomic E-state index is -0.0375. The largest absolute Gasteiger partial charge is 0.296 e. The lowest BCUT2D eigenvalue weighted by Gasteiger charge is -2.10. The number of rotatable bonds is 3. The van der Waals surface area contributed by atoms with Crippen LogP contribution in [-0.2, 0) is 13.5 Å². The third-order valence-corrected chi connectivity index (χ3v) is 5.71. The molecule has 0 bridgehead atoms. The Morgan fingerprint density at radius 2 is 1.72 bits per heavy atom. The highest BCUT2D eigenvalue weighted by Crippen LogP contribution is 2.28. The van der Waals surface area contributed by atoms with Crippen molar-refractivity contribution in [1.82, 2.24) is 24.1 Å². The molecule has 0 atom stereocenters. The minimum absolute atomic E-state index is 0. The maximum atomic E-state index is 13.1. The number of benzene rings is 1. The van der Waals surface area contributed by atoms with Crippen LogP contribution in [0.3, 0.4) is 0 Å². The zero-order chi connectivity index (χ0) is 21.7. The zero-order valence-corrected chi connectivity index (χ0v) is 18.0. The lowest BCUT2D eigenvalue weighted by atomic mass is 10.0. The SMILES string of the molecule is C.CCc1ncccc1-c1ccc2c(=O)n(C)c3cc(-c4cc(C)nc(C)c4)nn3c2c1. The summed E-state index contributed by atoms with van der Waals surface area (Å²) in [6.07, 6.45) is 2.66. The van der Waals surface area contributed by atoms with Crippen molar-refractivity contribution in [1.29, 1.82) is 0 Å². The molecule has 0 aliphatic carbocycles. The number of hydrogen-bond acceptors (Lipinski definition) is 4. The first-order chi connectivity index (χ1) is 15.0. The van der Waals surface area contributed by atoms with Crippen LogP contribution in [0.5, 0.6) is 0 Å². The normalized spacial score (nSPS) is 11.1. The predicted molar refractivity (Wildman–Crippen MR) is 130 cm³/mol. The molecule has 0 saturated carbocycles. The molecule has 0 N–H and O–H groups in total. The average molecular weight is 426 g/mol. The topological polar surface area (TPSA) is 65.1 Å². The molecular formula is C26H27N5O. The van der Waals surface area contributed by atoms with Crippen LogP contribution < -0.4 is 5.56 Å². The average Bonchev–Trinajstić information content (AvgIpc) is 3.22. The summed E-state index contributed by atoms with van der Waals surface area (Å²) in [5.41, 5.74) is 8.33. The van der Waals surface area contributed by atoms with Gasteiger partial charge in [-0.05, 0) is 56.2 Å². The van der Waals surface area contributed by atoms with Crippen molar-refractivity contribution >= 4 is 16.6 Å². The first kappa shape index (κ1) is 21.4. The molecule has 6 nitrogen and oxygen atoms in total. The lowest BCUT2D eigenvalue weighted by molar-refractivity contribution is 0.850. The maximum Gasteiger partial charge on any atom is 0.261 e. The van der Waals surface area contributed by atoms with E-state index in [2.05, 4.69) is 23.0 Å². The molecule has 1 aromatic carbocycles. The first-order valence-corrected chi connectivity index (χ1v) is 10.4. The quantitative estimate of drug-likeness (QED) is 0.402. The van der Waals surface area contributed by atoms with Crippen molar-refractivity contribution < 1.29 is 0 Å². The monoisotopic (exact) mass is 425 g/mol. The Morgan fingerprint density at radius 1 is 0.969 bits per heavy atom. The maximum absolute atomic E-state index is 13.1. The molecule has 4 aromatic heterocycles. The molecule has 0 fully saturated rings. The van der Waals surface area contributed by atoms with Gasteiger partial charge in [-0.15, -0.1) is 0 Å². The fraction of sp³-hybridized carbons (Fsp3) is 0.231. The molecule has 0 aliphatic rings. The van der Waals surface area contributed by atoms with Crippen LogP contribution in [0.1, 0.15) is 31.4 Å². The van der Waals surface area contributed by atoms with E-state index in [9.17, 15) is 4.79 Å². The lowest BCUT2D eigenvalue weighted by Crippen LogP contribution is -2.19. The fourth-order valence-corrected chi connectivity index (χ4v) is 4.23. The van der Waals surface area contributed by atoms with Gasteiger partial charge in [-0.2, -0.15) is 5.10 Å². The van der Waals surface area contributed by atoms with E-state index in [1.54, 1.807) is 11.6 Å². The fourth-order valence-electron chi connectivity index (χ4n) is 4.23. The van der Waals surface area contributed by atoms with Gasteiger partial charge >= 0.3 is 0 Å². The summed E-state index contributed by atoms with van der Waals surface area (Å²) in [5.74, 6) is 0. The number of hydrogen-bond donors (Lipinski definition) is 0. The Kier molecular flexibility index (Phi) is 5.38. The molecular weight excluding hydrogens is 398 g/mol. The third-order valence-electron chi connectivity index (χ3n) is 5.71. The van der Waals surface area contributed by atoms with E-state index < -0.39 is 0 Å². The van der Waals surface area contributed by atoms with Gasteiger partial charge in [-0.3, -0.25) is 19.3 Å². The van der Waals surface area contributed by atoms with Crippen LogP contribution in [0.2, 0.25) is 0 Å². The van der Waals surface area contributed by atoms with Gasteiger partial charge in [-0.25, -0.2) is 4.52 Å². The number of aryl methyl sites for hydroxylation is 4. The number of nitrogens with zero attached hydrogens (tertiary/aromatic N) is 5. The highest BCUT2D eigenvalue weighted by atomic mass is 16.1. The first-order valence-electron chi connectivity index (χ1n) is 10.4. The Hall–Kier alpha value is -3.80. The van der Waals surface area contributed by atoms with E-state index in [1.807, 2.05) is 67.0 Å². The predicted octanol–water partition coefficient (Wildman–Crippen LogP) is 5.13. The van der Waals surface area contributed by atoms with E-state index >= 15 is 0 Å². The molecule has 0 spiro atoms. The summed E-state index contributed by atoms with van der Waals surface area (Å²) in [6.45, 7) is 6.05. The third kappa shape index (κ3) is 3.38. The van der Waals surface area contributed by atoms with Crippen LogP contribution in [-0.4, -0.2) is 24.1 Å². The second kappa shape index (κ2) is 8.04. The molecule has 4 heterocycles. The van der Waals surface area contributed by atoms with E-state index in [1.165, 1.54) is 0 Å². The number of pyridine rings is 2. The summed E-state index contributed by atoms with van der Waals surface area (Å²) in [4.78, 5) is 22.0. The van der Waals surface area contributed by atoms with Gasteiger partial charge in [0.1, 0.15) is 5.65 Å². The van der Waals surface area contributed by atoms with Crippen molar-refractivity contribution in [2.24, 2.45) is 7.05 Å². The van der Waals surface area contributed by atoms with Gasteiger partial charge in [0.2, 0.25) is 0 Å². The summed E-state index contributed by atoms with van der Waals surface area (Å²) in [6, 6.07) is 15.9. The highest BCUT2D eigenvalue weighted by Gasteiger charge is 2.15. The summed E-state index contributed by atoms with van der Waals surface area (Å²) >= 11 is 0. The molecule has 0 unspecified atom stereocenters. The van der Waals surface area contributed by atoms with Crippen molar-refractivity contribution in [3.8, 4) is 22.4 Å². The van der Waals surface area contributed by atoms with Crippen LogP contribution >= 0.6 is 0 Å². The highest BCUT2D eigenvalue weighted by molar-refractivity contribution is 5.86. The van der Waals surface area contributed by atoms with Gasteiger partial charge < -0.3 is 0 Å². The minimum Gasteiger partial charge on any atom is -0.296 e. The van der Waals surface area contributed by atoms with Crippen LogP contribution in [0.4, 0.5) is 0 Å². The smallest absolute Gasteiger partial charge is 0.261 e. The van der Waals surface area contributed by atoms with Crippen LogP contribution in [0.25, 0.3) is 38.9 Å². The Morgan fingerprint density at radius 3 is 2.44 bits per heavy atom. The molecule has 6 heteroatoms. The molecule has 5 rings (SSSR count). The summed E-state index contributed by atoms with van der Waals surface area (Å²) in [5, 5.41) is 5.52. The standard InChI is InChI=1S/C25H23N5O.CH4/c1-5-21-19(7-6-10-26-21)17-8-9-20-23(13-17)30-24(29(4)25(20)31)14-22(28-30)18-11-15(2)27-16(3)12-18;/h6-14H,5H2,1-4H3;1H4.